The van der Waals surface area contributed by atoms with Crippen molar-refractivity contribution in [2.75, 3.05) is 31.1 Å². The van der Waals surface area contributed by atoms with E-state index in [0.29, 0.717) is 5.82 Å². The number of rotatable bonds is 4. The Kier molecular flexibility index (Phi) is 4.49. The molecular formula is C15H18N8O2S. The predicted molar refractivity (Wildman–Crippen MR) is 98.4 cm³/mol. The largest absolute Gasteiger partial charge is 0.358 e. The van der Waals surface area contributed by atoms with E-state index < -0.39 is 4.92 Å². The van der Waals surface area contributed by atoms with E-state index in [1.54, 1.807) is 7.05 Å². The van der Waals surface area contributed by atoms with Crippen LogP contribution in [0, 0.1) is 10.1 Å². The molecule has 1 fully saturated rings. The van der Waals surface area contributed by atoms with Gasteiger partial charge in [-0.15, -0.1) is 0 Å². The molecule has 0 radical (unpaired) electrons. The molecule has 2 aromatic rings. The van der Waals surface area contributed by atoms with Crippen molar-refractivity contribution in [2.24, 2.45) is 7.05 Å². The number of aromatic nitrogens is 3. The zero-order chi connectivity index (χ0) is 18.1. The summed E-state index contributed by atoms with van der Waals surface area (Å²) in [6, 6.07) is 5.93. The average molecular weight is 374 g/mol. The normalized spacial score (nSPS) is 18.7. The van der Waals surface area contributed by atoms with Gasteiger partial charge in [0.15, 0.2) is 0 Å². The Bertz CT molecular complexity index is 831. The van der Waals surface area contributed by atoms with Crippen LogP contribution in [0.4, 0.5) is 11.6 Å². The van der Waals surface area contributed by atoms with Crippen molar-refractivity contribution in [3.05, 3.63) is 52.7 Å². The van der Waals surface area contributed by atoms with Crippen LogP contribution in [-0.4, -0.2) is 55.2 Å². The lowest BCUT2D eigenvalue weighted by Gasteiger charge is -2.38. The second-order valence-corrected chi connectivity index (χ2v) is 6.85. The summed E-state index contributed by atoms with van der Waals surface area (Å²) in [5, 5.41) is 13.2. The highest BCUT2D eigenvalue weighted by atomic mass is 32.2. The summed E-state index contributed by atoms with van der Waals surface area (Å²) >= 11 is 1.48. The number of piperazine rings is 1. The standard InChI is InChI=1S/C15H18N8O2S/c1-19-14(22(24)25)11-17-15(19)12-10-18-23(26-12)21-8-6-20(7-9-21)13-4-2-3-5-16-13/h2-5,10-11,18H,6-9H2,1H3. The lowest BCUT2D eigenvalue weighted by Crippen LogP contribution is -2.53. The van der Waals surface area contributed by atoms with Crippen LogP contribution < -0.4 is 10.3 Å². The molecule has 0 saturated carbocycles. The van der Waals surface area contributed by atoms with Crippen LogP contribution in [-0.2, 0) is 7.05 Å². The zero-order valence-electron chi connectivity index (χ0n) is 14.1. The third kappa shape index (κ3) is 3.11. The number of hydrogen-bond acceptors (Lipinski definition) is 9. The zero-order valence-corrected chi connectivity index (χ0v) is 15.0. The average Bonchev–Trinajstić information content (AvgIpc) is 3.29. The third-order valence-electron chi connectivity index (χ3n) is 4.35. The molecule has 0 aromatic carbocycles. The molecule has 0 bridgehead atoms. The minimum atomic E-state index is -0.432. The van der Waals surface area contributed by atoms with Gasteiger partial charge >= 0.3 is 5.82 Å². The van der Waals surface area contributed by atoms with Crippen molar-refractivity contribution in [2.45, 2.75) is 0 Å². The highest BCUT2D eigenvalue weighted by molar-refractivity contribution is 8.06. The molecule has 10 nitrogen and oxygen atoms in total. The summed E-state index contributed by atoms with van der Waals surface area (Å²) in [6.45, 7) is 3.44. The molecule has 1 saturated heterocycles. The van der Waals surface area contributed by atoms with E-state index >= 15 is 0 Å². The van der Waals surface area contributed by atoms with E-state index in [-0.39, 0.29) is 5.82 Å². The van der Waals surface area contributed by atoms with E-state index in [4.69, 9.17) is 0 Å². The summed E-state index contributed by atoms with van der Waals surface area (Å²) in [6.07, 6.45) is 4.91. The van der Waals surface area contributed by atoms with Crippen LogP contribution in [0.3, 0.4) is 0 Å². The Balaban J connectivity index is 1.37. The fourth-order valence-electron chi connectivity index (χ4n) is 2.95. The van der Waals surface area contributed by atoms with Crippen LogP contribution in [0.5, 0.6) is 0 Å². The molecule has 4 heterocycles. The van der Waals surface area contributed by atoms with Gasteiger partial charge in [0, 0.05) is 50.5 Å². The summed E-state index contributed by atoms with van der Waals surface area (Å²) < 4.78 is 3.44. The van der Waals surface area contributed by atoms with Crippen molar-refractivity contribution in [1.82, 2.24) is 29.5 Å². The fourth-order valence-corrected chi connectivity index (χ4v) is 3.90. The van der Waals surface area contributed by atoms with Gasteiger partial charge in [-0.25, -0.2) is 19.5 Å². The molecule has 0 amide bonds. The van der Waals surface area contributed by atoms with Gasteiger partial charge in [0.2, 0.25) is 5.82 Å². The number of hydrazine groups is 2. The van der Waals surface area contributed by atoms with Crippen LogP contribution in [0.15, 0.2) is 36.8 Å². The second-order valence-electron chi connectivity index (χ2n) is 5.89. The van der Waals surface area contributed by atoms with Gasteiger partial charge < -0.3 is 20.4 Å². The lowest BCUT2D eigenvalue weighted by molar-refractivity contribution is -0.391. The Morgan fingerprint density at radius 3 is 2.69 bits per heavy atom. The number of anilines is 1. The molecule has 1 N–H and O–H groups in total. The lowest BCUT2D eigenvalue weighted by atomic mass is 10.3. The van der Waals surface area contributed by atoms with Gasteiger partial charge in [-0.1, -0.05) is 10.6 Å². The molecule has 2 aliphatic heterocycles. The van der Waals surface area contributed by atoms with Gasteiger partial charge in [0.25, 0.3) is 0 Å². The Morgan fingerprint density at radius 2 is 2.04 bits per heavy atom. The van der Waals surface area contributed by atoms with Crippen molar-refractivity contribution >= 4 is 28.5 Å². The summed E-state index contributed by atoms with van der Waals surface area (Å²) in [4.78, 5) is 22.2. The van der Waals surface area contributed by atoms with Crippen LogP contribution >= 0.6 is 11.9 Å². The first-order valence-electron chi connectivity index (χ1n) is 8.15. The number of nitro groups is 1. The second kappa shape index (κ2) is 6.94. The minimum Gasteiger partial charge on any atom is -0.358 e. The maximum absolute atomic E-state index is 11.0. The van der Waals surface area contributed by atoms with E-state index in [9.17, 15) is 10.1 Å². The van der Waals surface area contributed by atoms with Crippen molar-refractivity contribution < 1.29 is 4.92 Å². The third-order valence-corrected chi connectivity index (χ3v) is 5.35. The highest BCUT2D eigenvalue weighted by Crippen LogP contribution is 2.35. The number of imidazole rings is 1. The Labute approximate surface area is 154 Å². The topological polar surface area (TPSA) is 95.6 Å². The first-order valence-corrected chi connectivity index (χ1v) is 8.92. The molecule has 11 heteroatoms. The highest BCUT2D eigenvalue weighted by Gasteiger charge is 2.30. The fraction of sp³-hybridized carbons (Fsp3) is 0.333. The van der Waals surface area contributed by atoms with Gasteiger partial charge in [-0.3, -0.25) is 0 Å². The molecule has 2 aromatic heterocycles. The van der Waals surface area contributed by atoms with E-state index in [1.807, 2.05) is 35.1 Å². The summed E-state index contributed by atoms with van der Waals surface area (Å²) in [5.41, 5.74) is 3.20. The number of nitrogens with one attached hydrogen (secondary N) is 1. The SMILES string of the molecule is Cn1c([N+](=O)[O-])cnc1C1=CNN(N2CCN(c3ccccn3)CC2)S1. The molecule has 0 unspecified atom stereocenters. The molecule has 136 valence electrons. The molecule has 2 aliphatic rings. The molecular weight excluding hydrogens is 356 g/mol. The van der Waals surface area contributed by atoms with Gasteiger partial charge in [-0.05, 0) is 17.1 Å². The van der Waals surface area contributed by atoms with Crippen LogP contribution in [0.25, 0.3) is 4.91 Å². The maximum Gasteiger partial charge on any atom is 0.342 e. The number of nitrogens with zero attached hydrogens (tertiary/aromatic N) is 7. The molecule has 0 aliphatic carbocycles. The summed E-state index contributed by atoms with van der Waals surface area (Å²) in [7, 11) is 1.65. The molecule has 0 spiro atoms. The Morgan fingerprint density at radius 1 is 1.23 bits per heavy atom. The molecule has 4 rings (SSSR count). The first-order chi connectivity index (χ1) is 12.6. The van der Waals surface area contributed by atoms with Crippen molar-refractivity contribution in [1.29, 1.82) is 0 Å². The van der Waals surface area contributed by atoms with Crippen LogP contribution in [0.2, 0.25) is 0 Å². The minimum absolute atomic E-state index is 0.0241. The smallest absolute Gasteiger partial charge is 0.342 e. The number of hydrogen-bond donors (Lipinski definition) is 1. The van der Waals surface area contributed by atoms with Gasteiger partial charge in [-0.2, -0.15) is 0 Å². The molecule has 0 atom stereocenters. The van der Waals surface area contributed by atoms with Gasteiger partial charge in [0.05, 0.1) is 7.05 Å². The monoisotopic (exact) mass is 374 g/mol. The predicted octanol–water partition coefficient (Wildman–Crippen LogP) is 1.23. The van der Waals surface area contributed by atoms with E-state index in [1.165, 1.54) is 22.7 Å². The van der Waals surface area contributed by atoms with Crippen molar-refractivity contribution in [3.63, 3.8) is 0 Å². The summed E-state index contributed by atoms with van der Waals surface area (Å²) in [5.74, 6) is 1.54. The molecule has 26 heavy (non-hydrogen) atoms. The maximum atomic E-state index is 11.0. The van der Waals surface area contributed by atoms with Crippen LogP contribution in [0.1, 0.15) is 5.82 Å². The van der Waals surface area contributed by atoms with Gasteiger partial charge in [0.1, 0.15) is 16.9 Å². The first kappa shape index (κ1) is 16.8. The number of pyridine rings is 1. The Hall–Kier alpha value is -2.63. The van der Waals surface area contributed by atoms with E-state index in [0.717, 1.165) is 36.9 Å². The van der Waals surface area contributed by atoms with Crippen molar-refractivity contribution in [3.8, 4) is 0 Å². The quantitative estimate of drug-likeness (QED) is 0.481. The van der Waals surface area contributed by atoms with E-state index in [2.05, 4.69) is 25.3 Å².